The van der Waals surface area contributed by atoms with E-state index in [4.69, 9.17) is 4.74 Å². The molecule has 1 aromatic rings. The molecule has 2 heterocycles. The lowest BCUT2D eigenvalue weighted by Gasteiger charge is -2.54. The molecule has 3 unspecified atom stereocenters. The maximum atomic E-state index is 5.85. The normalized spacial score (nSPS) is 28.5. The Balaban J connectivity index is 0.00000192. The molecule has 7 nitrogen and oxygen atoms in total. The first-order valence-electron chi connectivity index (χ1n) is 8.03. The highest BCUT2D eigenvalue weighted by atomic mass is 127. The smallest absolute Gasteiger partial charge is 0.191 e. The summed E-state index contributed by atoms with van der Waals surface area (Å²) in [6, 6.07) is 0.400. The van der Waals surface area contributed by atoms with Gasteiger partial charge in [-0.3, -0.25) is 4.68 Å². The molecule has 2 aliphatic rings. The van der Waals surface area contributed by atoms with E-state index in [2.05, 4.69) is 46.5 Å². The fraction of sp³-hybridized carbons (Fsp3) is 0.800. The molecule has 2 fully saturated rings. The number of aryl methyl sites for hydroxylation is 1. The van der Waals surface area contributed by atoms with E-state index in [1.807, 2.05) is 7.05 Å². The number of aromatic nitrogens is 3. The molecular formula is C15H27IN6O. The van der Waals surface area contributed by atoms with Gasteiger partial charge in [-0.25, -0.2) is 9.98 Å². The molecule has 8 heteroatoms. The third kappa shape index (κ3) is 3.47. The molecule has 0 aromatic carbocycles. The van der Waals surface area contributed by atoms with Crippen LogP contribution in [0.5, 0.6) is 0 Å². The fourth-order valence-corrected chi connectivity index (χ4v) is 3.70. The van der Waals surface area contributed by atoms with Gasteiger partial charge in [0, 0.05) is 37.6 Å². The average molecular weight is 434 g/mol. The number of fused-ring (bicyclic) bond motifs is 1. The Labute approximate surface area is 154 Å². The van der Waals surface area contributed by atoms with Crippen molar-refractivity contribution in [2.75, 3.05) is 13.2 Å². The van der Waals surface area contributed by atoms with E-state index < -0.39 is 0 Å². The number of halogens is 1. The Hall–Kier alpha value is -0.900. The van der Waals surface area contributed by atoms with Crippen LogP contribution in [0.1, 0.15) is 33.0 Å². The summed E-state index contributed by atoms with van der Waals surface area (Å²) < 4.78 is 7.60. The number of hydrogen-bond donors (Lipinski definition) is 2. The van der Waals surface area contributed by atoms with Gasteiger partial charge in [0.05, 0.1) is 6.10 Å². The summed E-state index contributed by atoms with van der Waals surface area (Å²) in [7, 11) is 1.88. The van der Waals surface area contributed by atoms with Crippen molar-refractivity contribution in [3.05, 3.63) is 12.2 Å². The quantitative estimate of drug-likeness (QED) is 0.425. The zero-order chi connectivity index (χ0) is 15.7. The van der Waals surface area contributed by atoms with Gasteiger partial charge in [-0.1, -0.05) is 13.8 Å². The Morgan fingerprint density at radius 2 is 2.30 bits per heavy atom. The van der Waals surface area contributed by atoms with Crippen molar-refractivity contribution in [1.82, 2.24) is 25.4 Å². The van der Waals surface area contributed by atoms with Gasteiger partial charge >= 0.3 is 0 Å². The van der Waals surface area contributed by atoms with Crippen molar-refractivity contribution in [3.63, 3.8) is 0 Å². The second-order valence-corrected chi connectivity index (χ2v) is 6.68. The number of ether oxygens (including phenoxy) is 1. The molecule has 1 aliphatic heterocycles. The van der Waals surface area contributed by atoms with Crippen molar-refractivity contribution >= 4 is 29.9 Å². The van der Waals surface area contributed by atoms with Crippen LogP contribution < -0.4 is 10.6 Å². The second kappa shape index (κ2) is 7.33. The molecule has 1 aromatic heterocycles. The van der Waals surface area contributed by atoms with Gasteiger partial charge in [0.25, 0.3) is 0 Å². The summed E-state index contributed by atoms with van der Waals surface area (Å²) in [5.41, 5.74) is 0.141. The lowest BCUT2D eigenvalue weighted by molar-refractivity contribution is -0.106. The molecule has 0 spiro atoms. The molecule has 23 heavy (non-hydrogen) atoms. The largest absolute Gasteiger partial charge is 0.377 e. The molecule has 2 N–H and O–H groups in total. The minimum atomic E-state index is 0. The highest BCUT2D eigenvalue weighted by molar-refractivity contribution is 14.0. The van der Waals surface area contributed by atoms with Gasteiger partial charge in [0.2, 0.25) is 0 Å². The topological polar surface area (TPSA) is 76.4 Å². The SMILES string of the molecule is CCNC(=NCc1ncnn1C)NC1C2CCOC2C1(C)C.I. The summed E-state index contributed by atoms with van der Waals surface area (Å²) in [6.07, 6.45) is 3.07. The third-order valence-electron chi connectivity index (χ3n) is 4.92. The van der Waals surface area contributed by atoms with Crippen molar-refractivity contribution in [2.45, 2.75) is 45.9 Å². The molecular weight excluding hydrogens is 407 g/mol. The molecule has 0 radical (unpaired) electrons. The van der Waals surface area contributed by atoms with Crippen LogP contribution in [0, 0.1) is 11.3 Å². The molecule has 3 rings (SSSR count). The highest BCUT2D eigenvalue weighted by Crippen LogP contribution is 2.52. The molecule has 130 valence electrons. The number of aliphatic imine (C=N–C) groups is 1. The number of hydrogen-bond acceptors (Lipinski definition) is 4. The van der Waals surface area contributed by atoms with E-state index in [9.17, 15) is 0 Å². The van der Waals surface area contributed by atoms with Crippen molar-refractivity contribution in [3.8, 4) is 0 Å². The van der Waals surface area contributed by atoms with Crippen LogP contribution in [0.3, 0.4) is 0 Å². The summed E-state index contributed by atoms with van der Waals surface area (Å²) >= 11 is 0. The standard InChI is InChI=1S/C15H26N6O.HI/c1-5-16-14(17-8-11-18-9-19-21(11)4)20-12-10-6-7-22-13(10)15(12,2)3;/h9-10,12-13H,5-8H2,1-4H3,(H2,16,17,20);1H. The zero-order valence-electron chi connectivity index (χ0n) is 14.2. The summed E-state index contributed by atoms with van der Waals surface area (Å²) in [5.74, 6) is 2.29. The molecule has 1 saturated carbocycles. The first-order valence-corrected chi connectivity index (χ1v) is 8.03. The van der Waals surface area contributed by atoms with Gasteiger partial charge in [-0.05, 0) is 13.3 Å². The van der Waals surface area contributed by atoms with Crippen LogP contribution in [0.15, 0.2) is 11.3 Å². The lowest BCUT2D eigenvalue weighted by atomic mass is 9.57. The van der Waals surface area contributed by atoms with Crippen LogP contribution >= 0.6 is 24.0 Å². The van der Waals surface area contributed by atoms with Gasteiger partial charge in [0.15, 0.2) is 5.96 Å². The van der Waals surface area contributed by atoms with E-state index in [0.29, 0.717) is 24.6 Å². The van der Waals surface area contributed by atoms with Gasteiger partial charge in [0.1, 0.15) is 18.7 Å². The van der Waals surface area contributed by atoms with Crippen LogP contribution in [-0.4, -0.2) is 46.0 Å². The van der Waals surface area contributed by atoms with Gasteiger partial charge in [-0.15, -0.1) is 24.0 Å². The summed E-state index contributed by atoms with van der Waals surface area (Å²) in [6.45, 7) is 8.84. The Morgan fingerprint density at radius 3 is 2.96 bits per heavy atom. The van der Waals surface area contributed by atoms with Crippen LogP contribution in [0.4, 0.5) is 0 Å². The van der Waals surface area contributed by atoms with E-state index >= 15 is 0 Å². The minimum absolute atomic E-state index is 0. The van der Waals surface area contributed by atoms with Crippen molar-refractivity contribution in [1.29, 1.82) is 0 Å². The maximum Gasteiger partial charge on any atom is 0.191 e. The zero-order valence-corrected chi connectivity index (χ0v) is 16.6. The first kappa shape index (κ1) is 18.4. The molecule has 0 bridgehead atoms. The molecule has 0 amide bonds. The van der Waals surface area contributed by atoms with Crippen molar-refractivity contribution < 1.29 is 4.74 Å². The molecule has 1 saturated heterocycles. The number of guanidine groups is 1. The minimum Gasteiger partial charge on any atom is -0.377 e. The van der Waals surface area contributed by atoms with Crippen LogP contribution in [0.25, 0.3) is 0 Å². The second-order valence-electron chi connectivity index (χ2n) is 6.68. The number of nitrogens with one attached hydrogen (secondary N) is 2. The van der Waals surface area contributed by atoms with Gasteiger partial charge < -0.3 is 15.4 Å². The first-order chi connectivity index (χ1) is 10.5. The monoisotopic (exact) mass is 434 g/mol. The predicted molar refractivity (Wildman–Crippen MR) is 99.8 cm³/mol. The average Bonchev–Trinajstić information content (AvgIpc) is 3.09. The summed E-state index contributed by atoms with van der Waals surface area (Å²) in [5, 5.41) is 11.0. The Morgan fingerprint density at radius 1 is 1.52 bits per heavy atom. The fourth-order valence-electron chi connectivity index (χ4n) is 3.70. The summed E-state index contributed by atoms with van der Waals surface area (Å²) in [4.78, 5) is 8.86. The highest BCUT2D eigenvalue weighted by Gasteiger charge is 2.59. The van der Waals surface area contributed by atoms with E-state index in [-0.39, 0.29) is 29.4 Å². The lowest BCUT2D eigenvalue weighted by Crippen LogP contribution is -2.67. The third-order valence-corrected chi connectivity index (χ3v) is 4.92. The predicted octanol–water partition coefficient (Wildman–Crippen LogP) is 1.30. The number of nitrogens with zero attached hydrogens (tertiary/aromatic N) is 4. The van der Waals surface area contributed by atoms with Crippen LogP contribution in [0.2, 0.25) is 0 Å². The Kier molecular flexibility index (Phi) is 5.88. The maximum absolute atomic E-state index is 5.85. The van der Waals surface area contributed by atoms with Crippen LogP contribution in [-0.2, 0) is 18.3 Å². The molecule has 3 atom stereocenters. The van der Waals surface area contributed by atoms with Gasteiger partial charge in [-0.2, -0.15) is 5.10 Å². The Bertz CT molecular complexity index is 558. The van der Waals surface area contributed by atoms with E-state index in [1.54, 1.807) is 11.0 Å². The number of rotatable bonds is 4. The van der Waals surface area contributed by atoms with E-state index in [1.165, 1.54) is 0 Å². The van der Waals surface area contributed by atoms with Crippen molar-refractivity contribution in [2.24, 2.45) is 23.4 Å². The molecule has 1 aliphatic carbocycles. The van der Waals surface area contributed by atoms with E-state index in [0.717, 1.165) is 31.4 Å².